The molecule has 1 aliphatic carbocycles. The molecule has 0 aromatic heterocycles. The topological polar surface area (TPSA) is 99.6 Å². The number of amides is 3. The summed E-state index contributed by atoms with van der Waals surface area (Å²) in [5.74, 6) is -3.31. The summed E-state index contributed by atoms with van der Waals surface area (Å²) in [5, 5.41) is 10.2. The number of carbonyl (C=O) groups excluding carboxylic acids is 3. The number of phenols is 1. The molecule has 2 heterocycles. The Labute approximate surface area is 234 Å². The van der Waals surface area contributed by atoms with Gasteiger partial charge in [-0.15, -0.1) is 0 Å². The molecule has 2 aliphatic heterocycles. The van der Waals surface area contributed by atoms with Crippen LogP contribution in [-0.2, 0) is 14.3 Å². The number of benzene rings is 1. The number of likely N-dealkylation sites (tertiary alicyclic amines) is 2. The van der Waals surface area contributed by atoms with Gasteiger partial charge in [-0.05, 0) is 78.7 Å². The average molecular weight is 566 g/mol. The predicted molar refractivity (Wildman–Crippen MR) is 143 cm³/mol. The van der Waals surface area contributed by atoms with Crippen LogP contribution in [0.5, 0.6) is 5.75 Å². The van der Waals surface area contributed by atoms with E-state index >= 15 is 0 Å². The molecule has 1 N–H and O–H groups in total. The van der Waals surface area contributed by atoms with Gasteiger partial charge in [-0.25, -0.2) is 18.4 Å². The van der Waals surface area contributed by atoms with Gasteiger partial charge >= 0.3 is 12.2 Å². The van der Waals surface area contributed by atoms with Crippen LogP contribution in [0.15, 0.2) is 12.1 Å². The molecule has 1 aromatic carbocycles. The molecule has 1 spiro atoms. The van der Waals surface area contributed by atoms with E-state index in [9.17, 15) is 28.3 Å². The third-order valence-electron chi connectivity index (χ3n) is 7.81. The lowest BCUT2D eigenvalue weighted by molar-refractivity contribution is -0.134. The summed E-state index contributed by atoms with van der Waals surface area (Å²) in [6.45, 7) is 12.6. The maximum Gasteiger partial charge on any atom is 0.411 e. The molecule has 11 heteroatoms. The molecule has 2 saturated heterocycles. The highest BCUT2D eigenvalue weighted by Gasteiger charge is 2.49. The fourth-order valence-electron chi connectivity index (χ4n) is 5.67. The summed E-state index contributed by atoms with van der Waals surface area (Å²) in [5.41, 5.74) is -1.38. The minimum absolute atomic E-state index is 0.0687. The van der Waals surface area contributed by atoms with Crippen LogP contribution in [0.1, 0.15) is 78.7 Å². The Morgan fingerprint density at radius 1 is 0.975 bits per heavy atom. The molecule has 222 valence electrons. The lowest BCUT2D eigenvalue weighted by atomic mass is 9.78. The molecule has 1 aromatic rings. The van der Waals surface area contributed by atoms with Gasteiger partial charge in [0.05, 0.1) is 0 Å². The summed E-state index contributed by atoms with van der Waals surface area (Å²) < 4.78 is 38.9. The molecule has 0 radical (unpaired) electrons. The zero-order chi connectivity index (χ0) is 29.6. The van der Waals surface area contributed by atoms with Gasteiger partial charge in [-0.3, -0.25) is 9.69 Å². The highest BCUT2D eigenvalue weighted by atomic mass is 19.1. The van der Waals surface area contributed by atoms with E-state index in [0.29, 0.717) is 38.7 Å². The third kappa shape index (κ3) is 6.96. The first kappa shape index (κ1) is 29.9. The number of halogens is 2. The van der Waals surface area contributed by atoms with Gasteiger partial charge in [0.1, 0.15) is 23.6 Å². The predicted octanol–water partition coefficient (Wildman–Crippen LogP) is 5.01. The Balaban J connectivity index is 1.40. The number of hydrogen-bond acceptors (Lipinski definition) is 6. The van der Waals surface area contributed by atoms with Crippen LogP contribution in [0.4, 0.5) is 18.4 Å². The van der Waals surface area contributed by atoms with Crippen molar-refractivity contribution in [2.24, 2.45) is 5.41 Å². The quantitative estimate of drug-likeness (QED) is 0.551. The van der Waals surface area contributed by atoms with E-state index in [1.807, 2.05) is 20.8 Å². The Kier molecular flexibility index (Phi) is 7.99. The average Bonchev–Trinajstić information content (AvgIpc) is 3.50. The fourth-order valence-corrected chi connectivity index (χ4v) is 5.67. The van der Waals surface area contributed by atoms with Gasteiger partial charge in [0.25, 0.3) is 0 Å². The molecule has 4 rings (SSSR count). The van der Waals surface area contributed by atoms with Gasteiger partial charge in [-0.1, -0.05) is 0 Å². The smallest absolute Gasteiger partial charge is 0.411 e. The highest BCUT2D eigenvalue weighted by molar-refractivity contribution is 5.83. The van der Waals surface area contributed by atoms with Crippen LogP contribution in [0.2, 0.25) is 0 Å². The van der Waals surface area contributed by atoms with E-state index in [1.165, 1.54) is 4.90 Å². The van der Waals surface area contributed by atoms with Crippen molar-refractivity contribution < 1.29 is 37.7 Å². The lowest BCUT2D eigenvalue weighted by Gasteiger charge is -2.40. The van der Waals surface area contributed by atoms with Crippen LogP contribution >= 0.6 is 0 Å². The van der Waals surface area contributed by atoms with Crippen LogP contribution in [0.3, 0.4) is 0 Å². The summed E-state index contributed by atoms with van der Waals surface area (Å²) in [4.78, 5) is 43.8. The van der Waals surface area contributed by atoms with Gasteiger partial charge in [0, 0.05) is 49.8 Å². The van der Waals surface area contributed by atoms with E-state index in [4.69, 9.17) is 9.47 Å². The van der Waals surface area contributed by atoms with Crippen molar-refractivity contribution in [3.63, 3.8) is 0 Å². The van der Waals surface area contributed by atoms with Crippen molar-refractivity contribution in [3.8, 4) is 5.75 Å². The molecule has 2 atom stereocenters. The maximum absolute atomic E-state index is 14.0. The standard InChI is InChI=1S/C29H41F2N3O6/c1-27(2,3)39-25(37)33-12-9-29(17-33)7-10-32(11-8-29)23(35)16-34(26(38)40-28(4,5)6)22-15-19(22)20-13-18(30)14-21(31)24(20)36/h13-14,19,22,36H,7-12,15-17H2,1-6H3/t19-,22+/m0/s1. The van der Waals surface area contributed by atoms with Crippen molar-refractivity contribution in [1.29, 1.82) is 0 Å². The number of hydrogen-bond donors (Lipinski definition) is 1. The van der Waals surface area contributed by atoms with Crippen molar-refractivity contribution >= 4 is 18.1 Å². The van der Waals surface area contributed by atoms with Gasteiger partial charge in [-0.2, -0.15) is 0 Å². The Hall–Kier alpha value is -3.11. The van der Waals surface area contributed by atoms with Crippen LogP contribution < -0.4 is 0 Å². The number of ether oxygens (including phenoxy) is 2. The Morgan fingerprint density at radius 3 is 2.12 bits per heavy atom. The summed E-state index contributed by atoms with van der Waals surface area (Å²) >= 11 is 0. The van der Waals surface area contributed by atoms with Crippen LogP contribution in [0.25, 0.3) is 0 Å². The molecular weight excluding hydrogens is 524 g/mol. The molecule has 3 fully saturated rings. The number of piperidine rings is 1. The van der Waals surface area contributed by atoms with Gasteiger partial charge in [0.2, 0.25) is 5.91 Å². The normalized spacial score (nSPS) is 22.3. The summed E-state index contributed by atoms with van der Waals surface area (Å²) in [7, 11) is 0. The minimum Gasteiger partial charge on any atom is -0.505 e. The van der Waals surface area contributed by atoms with E-state index in [0.717, 1.165) is 25.3 Å². The van der Waals surface area contributed by atoms with E-state index in [2.05, 4.69) is 0 Å². The fraction of sp³-hybridized carbons (Fsp3) is 0.690. The maximum atomic E-state index is 14.0. The number of carbonyl (C=O) groups is 3. The molecule has 9 nitrogen and oxygen atoms in total. The zero-order valence-electron chi connectivity index (χ0n) is 24.3. The molecule has 3 amide bonds. The van der Waals surface area contributed by atoms with Crippen LogP contribution in [-0.4, -0.2) is 87.9 Å². The highest BCUT2D eigenvalue weighted by Crippen LogP contribution is 2.49. The number of rotatable bonds is 4. The molecule has 0 bridgehead atoms. The summed E-state index contributed by atoms with van der Waals surface area (Å²) in [6.07, 6.45) is 1.63. The molecule has 3 aliphatic rings. The van der Waals surface area contributed by atoms with Gasteiger partial charge < -0.3 is 24.4 Å². The molecule has 0 unspecified atom stereocenters. The van der Waals surface area contributed by atoms with E-state index in [-0.39, 0.29) is 29.5 Å². The SMILES string of the molecule is CC(C)(C)OC(=O)N1CCC2(CCN(C(=O)CN(C(=O)OC(C)(C)C)[C@@H]3C[C@H]3c3cc(F)cc(F)c3O)CC2)C1. The third-order valence-corrected chi connectivity index (χ3v) is 7.81. The van der Waals surface area contributed by atoms with E-state index in [1.54, 1.807) is 30.6 Å². The molecular formula is C29H41F2N3O6. The monoisotopic (exact) mass is 565 g/mol. The first-order valence-corrected chi connectivity index (χ1v) is 13.9. The second-order valence-electron chi connectivity index (χ2n) is 13.4. The number of nitrogens with zero attached hydrogens (tertiary/aromatic N) is 3. The molecule has 1 saturated carbocycles. The Morgan fingerprint density at radius 2 is 1.55 bits per heavy atom. The van der Waals surface area contributed by atoms with Crippen molar-refractivity contribution in [2.45, 2.75) is 90.4 Å². The van der Waals surface area contributed by atoms with Crippen molar-refractivity contribution in [2.75, 3.05) is 32.7 Å². The largest absolute Gasteiger partial charge is 0.505 e. The minimum atomic E-state index is -1.07. The second-order valence-corrected chi connectivity index (χ2v) is 13.4. The summed E-state index contributed by atoms with van der Waals surface area (Å²) in [6, 6.07) is 1.12. The van der Waals surface area contributed by atoms with Crippen molar-refractivity contribution in [3.05, 3.63) is 29.3 Å². The lowest BCUT2D eigenvalue weighted by Crippen LogP contribution is -2.50. The Bertz CT molecular complexity index is 1150. The first-order chi connectivity index (χ1) is 18.5. The second kappa shape index (κ2) is 10.7. The number of phenolic OH excluding ortho intramolecular Hbond substituents is 1. The van der Waals surface area contributed by atoms with Crippen molar-refractivity contribution in [1.82, 2.24) is 14.7 Å². The van der Waals surface area contributed by atoms with Gasteiger partial charge in [0.15, 0.2) is 11.6 Å². The first-order valence-electron chi connectivity index (χ1n) is 13.9. The number of aromatic hydroxyl groups is 1. The van der Waals surface area contributed by atoms with E-state index < -0.39 is 46.6 Å². The molecule has 40 heavy (non-hydrogen) atoms. The zero-order valence-corrected chi connectivity index (χ0v) is 24.3. The van der Waals surface area contributed by atoms with Crippen LogP contribution in [0, 0.1) is 17.0 Å².